The molecule has 0 unspecified atom stereocenters. The standard InChI is InChI=1S/C16H22O/c1-4-9-15(16(17)10-5-2)13(3)14-11-7-6-8-12-14/h6-8,11-12H,4-5,9-10H2,1-3H3/b15-13+. The quantitative estimate of drug-likeness (QED) is 0.651. The molecule has 1 rings (SSSR count). The van der Waals surface area contributed by atoms with E-state index in [1.165, 1.54) is 5.56 Å². The average Bonchev–Trinajstić information content (AvgIpc) is 2.36. The number of benzene rings is 1. The molecule has 92 valence electrons. The van der Waals surface area contributed by atoms with Crippen LogP contribution in [0.1, 0.15) is 52.0 Å². The number of hydrogen-bond acceptors (Lipinski definition) is 1. The van der Waals surface area contributed by atoms with Crippen LogP contribution in [0.15, 0.2) is 35.9 Å². The molecule has 0 atom stereocenters. The largest absolute Gasteiger partial charge is 0.295 e. The molecule has 1 nitrogen and oxygen atoms in total. The Hall–Kier alpha value is -1.37. The molecule has 0 fully saturated rings. The minimum Gasteiger partial charge on any atom is -0.295 e. The van der Waals surface area contributed by atoms with Crippen LogP contribution >= 0.6 is 0 Å². The zero-order chi connectivity index (χ0) is 12.7. The Kier molecular flexibility index (Phi) is 5.68. The van der Waals surface area contributed by atoms with Crippen LogP contribution in [0.3, 0.4) is 0 Å². The van der Waals surface area contributed by atoms with Gasteiger partial charge in [-0.1, -0.05) is 50.6 Å². The molecule has 1 aromatic rings. The Balaban J connectivity index is 3.06. The third kappa shape index (κ3) is 3.85. The minimum absolute atomic E-state index is 0.315. The lowest BCUT2D eigenvalue weighted by atomic mass is 9.93. The molecule has 1 aromatic carbocycles. The van der Waals surface area contributed by atoms with Gasteiger partial charge in [0.1, 0.15) is 0 Å². The number of allylic oxidation sites excluding steroid dienone is 2. The number of Topliss-reactive ketones (excluding diaryl/α,β-unsaturated/α-hetero) is 1. The maximum absolute atomic E-state index is 12.1. The predicted molar refractivity (Wildman–Crippen MR) is 73.9 cm³/mol. The van der Waals surface area contributed by atoms with Gasteiger partial charge in [0.25, 0.3) is 0 Å². The molecule has 0 aliphatic rings. The van der Waals surface area contributed by atoms with Crippen molar-refractivity contribution >= 4 is 11.4 Å². The Bertz CT molecular complexity index is 387. The van der Waals surface area contributed by atoms with Crippen LogP contribution in [-0.2, 0) is 4.79 Å². The van der Waals surface area contributed by atoms with Gasteiger partial charge in [-0.2, -0.15) is 0 Å². The van der Waals surface area contributed by atoms with Crippen LogP contribution < -0.4 is 0 Å². The Morgan fingerprint density at radius 2 is 1.59 bits per heavy atom. The van der Waals surface area contributed by atoms with Crippen LogP contribution in [-0.4, -0.2) is 5.78 Å². The first-order valence-electron chi connectivity index (χ1n) is 6.49. The fourth-order valence-corrected chi connectivity index (χ4v) is 2.03. The maximum Gasteiger partial charge on any atom is 0.159 e. The highest BCUT2D eigenvalue weighted by Gasteiger charge is 2.12. The summed E-state index contributed by atoms with van der Waals surface area (Å²) in [5.41, 5.74) is 3.33. The van der Waals surface area contributed by atoms with Gasteiger partial charge in [0.2, 0.25) is 0 Å². The molecular weight excluding hydrogens is 208 g/mol. The molecule has 0 aliphatic heterocycles. The highest BCUT2D eigenvalue weighted by atomic mass is 16.1. The molecular formula is C16H22O. The molecule has 0 aromatic heterocycles. The highest BCUT2D eigenvalue weighted by Crippen LogP contribution is 2.23. The molecule has 0 saturated heterocycles. The lowest BCUT2D eigenvalue weighted by Crippen LogP contribution is -2.04. The van der Waals surface area contributed by atoms with Crippen molar-refractivity contribution in [3.63, 3.8) is 0 Å². The van der Waals surface area contributed by atoms with Crippen LogP contribution in [0.2, 0.25) is 0 Å². The van der Waals surface area contributed by atoms with Crippen molar-refractivity contribution in [3.05, 3.63) is 41.5 Å². The lowest BCUT2D eigenvalue weighted by molar-refractivity contribution is -0.115. The summed E-state index contributed by atoms with van der Waals surface area (Å²) in [6.07, 6.45) is 3.50. The van der Waals surface area contributed by atoms with Gasteiger partial charge in [0, 0.05) is 6.42 Å². The van der Waals surface area contributed by atoms with Gasteiger partial charge in [-0.3, -0.25) is 4.79 Å². The highest BCUT2D eigenvalue weighted by molar-refractivity contribution is 6.02. The summed E-state index contributed by atoms with van der Waals surface area (Å²) in [6.45, 7) is 6.24. The topological polar surface area (TPSA) is 17.1 Å². The summed E-state index contributed by atoms with van der Waals surface area (Å²) in [7, 11) is 0. The second kappa shape index (κ2) is 7.05. The average molecular weight is 230 g/mol. The van der Waals surface area contributed by atoms with Crippen molar-refractivity contribution in [3.8, 4) is 0 Å². The van der Waals surface area contributed by atoms with Crippen molar-refractivity contribution in [1.29, 1.82) is 0 Å². The van der Waals surface area contributed by atoms with E-state index in [9.17, 15) is 4.79 Å². The van der Waals surface area contributed by atoms with Crippen molar-refractivity contribution in [2.24, 2.45) is 0 Å². The zero-order valence-electron chi connectivity index (χ0n) is 11.1. The van der Waals surface area contributed by atoms with Crippen LogP contribution in [0, 0.1) is 0 Å². The minimum atomic E-state index is 0.315. The van der Waals surface area contributed by atoms with Gasteiger partial charge in [0.05, 0.1) is 0 Å². The van der Waals surface area contributed by atoms with E-state index < -0.39 is 0 Å². The summed E-state index contributed by atoms with van der Waals surface area (Å²) in [5, 5.41) is 0. The molecule has 0 spiro atoms. The smallest absolute Gasteiger partial charge is 0.159 e. The molecule has 0 heterocycles. The molecule has 0 aliphatic carbocycles. The first-order valence-corrected chi connectivity index (χ1v) is 6.49. The van der Waals surface area contributed by atoms with Crippen molar-refractivity contribution in [1.82, 2.24) is 0 Å². The SMILES string of the molecule is CCCC(=O)/C(CCC)=C(\C)c1ccccc1. The summed E-state index contributed by atoms with van der Waals surface area (Å²) in [5.74, 6) is 0.315. The van der Waals surface area contributed by atoms with Gasteiger partial charge < -0.3 is 0 Å². The Labute approximate surface area is 105 Å². The second-order valence-electron chi connectivity index (χ2n) is 4.39. The van der Waals surface area contributed by atoms with E-state index >= 15 is 0 Å². The monoisotopic (exact) mass is 230 g/mol. The first-order chi connectivity index (χ1) is 8.20. The molecule has 0 N–H and O–H groups in total. The van der Waals surface area contributed by atoms with Crippen molar-refractivity contribution < 1.29 is 4.79 Å². The van der Waals surface area contributed by atoms with Gasteiger partial charge in [-0.25, -0.2) is 0 Å². The summed E-state index contributed by atoms with van der Waals surface area (Å²) < 4.78 is 0. The zero-order valence-corrected chi connectivity index (χ0v) is 11.1. The predicted octanol–water partition coefficient (Wildman–Crippen LogP) is 4.63. The number of carbonyl (C=O) groups is 1. The van der Waals surface area contributed by atoms with Crippen LogP contribution in [0.5, 0.6) is 0 Å². The van der Waals surface area contributed by atoms with Crippen LogP contribution in [0.25, 0.3) is 5.57 Å². The number of carbonyl (C=O) groups excluding carboxylic acids is 1. The first kappa shape index (κ1) is 13.7. The third-order valence-corrected chi connectivity index (χ3v) is 2.97. The van der Waals surface area contributed by atoms with E-state index in [0.29, 0.717) is 12.2 Å². The van der Waals surface area contributed by atoms with Crippen molar-refractivity contribution in [2.45, 2.75) is 46.5 Å². The summed E-state index contributed by atoms with van der Waals surface area (Å²) >= 11 is 0. The lowest BCUT2D eigenvalue weighted by Gasteiger charge is -2.10. The van der Waals surface area contributed by atoms with Crippen LogP contribution in [0.4, 0.5) is 0 Å². The molecule has 0 bridgehead atoms. The number of hydrogen-bond donors (Lipinski definition) is 0. The van der Waals surface area contributed by atoms with Gasteiger partial charge >= 0.3 is 0 Å². The fraction of sp³-hybridized carbons (Fsp3) is 0.438. The summed E-state index contributed by atoms with van der Waals surface area (Å²) in [4.78, 5) is 12.1. The van der Waals surface area contributed by atoms with E-state index in [2.05, 4.69) is 32.9 Å². The molecule has 0 radical (unpaired) electrons. The Morgan fingerprint density at radius 3 is 2.12 bits per heavy atom. The fourth-order valence-electron chi connectivity index (χ4n) is 2.03. The van der Waals surface area contributed by atoms with Crippen molar-refractivity contribution in [2.75, 3.05) is 0 Å². The molecule has 17 heavy (non-hydrogen) atoms. The molecule has 0 saturated carbocycles. The van der Waals surface area contributed by atoms with Gasteiger partial charge in [-0.05, 0) is 36.5 Å². The number of ketones is 1. The van der Waals surface area contributed by atoms with E-state index in [1.807, 2.05) is 18.2 Å². The van der Waals surface area contributed by atoms with E-state index in [4.69, 9.17) is 0 Å². The normalized spacial score (nSPS) is 12.2. The molecule has 1 heteroatoms. The third-order valence-electron chi connectivity index (χ3n) is 2.97. The number of rotatable bonds is 6. The van der Waals surface area contributed by atoms with Gasteiger partial charge in [0.15, 0.2) is 5.78 Å². The molecule has 0 amide bonds. The van der Waals surface area contributed by atoms with E-state index in [1.54, 1.807) is 0 Å². The Morgan fingerprint density at radius 1 is 1.00 bits per heavy atom. The maximum atomic E-state index is 12.1. The van der Waals surface area contributed by atoms with E-state index in [-0.39, 0.29) is 0 Å². The summed E-state index contributed by atoms with van der Waals surface area (Å²) in [6, 6.07) is 10.2. The van der Waals surface area contributed by atoms with Gasteiger partial charge in [-0.15, -0.1) is 0 Å². The second-order valence-corrected chi connectivity index (χ2v) is 4.39. The van der Waals surface area contributed by atoms with E-state index in [0.717, 1.165) is 30.4 Å².